The third-order valence-corrected chi connectivity index (χ3v) is 5.08. The zero-order chi connectivity index (χ0) is 15.6. The summed E-state index contributed by atoms with van der Waals surface area (Å²) in [7, 11) is -2.10. The van der Waals surface area contributed by atoms with Gasteiger partial charge in [0.05, 0.1) is 19.8 Å². The molecule has 1 aliphatic heterocycles. The minimum atomic E-state index is -3.70. The SMILES string of the molecule is COc1ccc(CN2[C@@H](c3ccccc3)COS2(=O)=O)cc1. The molecule has 0 unspecified atom stereocenters. The highest BCUT2D eigenvalue weighted by atomic mass is 32.2. The Balaban J connectivity index is 1.87. The average Bonchev–Trinajstić information content (AvgIpc) is 2.84. The van der Waals surface area contributed by atoms with E-state index in [1.807, 2.05) is 54.6 Å². The Bertz CT molecular complexity index is 729. The van der Waals surface area contributed by atoms with E-state index >= 15 is 0 Å². The van der Waals surface area contributed by atoms with Crippen LogP contribution in [0.3, 0.4) is 0 Å². The van der Waals surface area contributed by atoms with Crippen molar-refractivity contribution in [2.45, 2.75) is 12.6 Å². The highest BCUT2D eigenvalue weighted by Gasteiger charge is 2.39. The van der Waals surface area contributed by atoms with Crippen molar-refractivity contribution in [3.63, 3.8) is 0 Å². The van der Waals surface area contributed by atoms with Crippen LogP contribution in [0.5, 0.6) is 5.75 Å². The summed E-state index contributed by atoms with van der Waals surface area (Å²) in [6.07, 6.45) is 0. The van der Waals surface area contributed by atoms with E-state index < -0.39 is 10.3 Å². The molecule has 0 radical (unpaired) electrons. The molecule has 1 aliphatic rings. The number of nitrogens with zero attached hydrogens (tertiary/aromatic N) is 1. The molecular formula is C16H17NO4S. The fourth-order valence-electron chi connectivity index (χ4n) is 2.49. The van der Waals surface area contributed by atoms with E-state index in [2.05, 4.69) is 0 Å². The quantitative estimate of drug-likeness (QED) is 0.869. The van der Waals surface area contributed by atoms with Gasteiger partial charge in [-0.1, -0.05) is 42.5 Å². The van der Waals surface area contributed by atoms with Gasteiger partial charge >= 0.3 is 10.3 Å². The zero-order valence-corrected chi connectivity index (χ0v) is 13.0. The first-order valence-electron chi connectivity index (χ1n) is 6.94. The van der Waals surface area contributed by atoms with Crippen molar-refractivity contribution < 1.29 is 17.3 Å². The van der Waals surface area contributed by atoms with E-state index in [1.165, 1.54) is 4.31 Å². The van der Waals surface area contributed by atoms with Crippen molar-refractivity contribution in [3.05, 3.63) is 65.7 Å². The van der Waals surface area contributed by atoms with Crippen LogP contribution in [-0.2, 0) is 21.0 Å². The van der Waals surface area contributed by atoms with Gasteiger partial charge in [-0.2, -0.15) is 12.7 Å². The molecule has 0 spiro atoms. The number of ether oxygens (including phenoxy) is 1. The first-order valence-corrected chi connectivity index (χ1v) is 8.31. The van der Waals surface area contributed by atoms with Crippen LogP contribution in [0.15, 0.2) is 54.6 Å². The Morgan fingerprint density at radius 1 is 1.14 bits per heavy atom. The van der Waals surface area contributed by atoms with E-state index in [-0.39, 0.29) is 19.2 Å². The molecule has 2 aromatic carbocycles. The molecular weight excluding hydrogens is 302 g/mol. The lowest BCUT2D eigenvalue weighted by Crippen LogP contribution is -2.28. The summed E-state index contributed by atoms with van der Waals surface area (Å²) in [6, 6.07) is 16.6. The molecule has 116 valence electrons. The first kappa shape index (κ1) is 15.0. The van der Waals surface area contributed by atoms with Gasteiger partial charge in [-0.15, -0.1) is 0 Å². The number of rotatable bonds is 4. The van der Waals surface area contributed by atoms with Crippen molar-refractivity contribution in [1.82, 2.24) is 4.31 Å². The second-order valence-electron chi connectivity index (χ2n) is 5.06. The van der Waals surface area contributed by atoms with Crippen molar-refractivity contribution in [1.29, 1.82) is 0 Å². The molecule has 0 aliphatic carbocycles. The van der Waals surface area contributed by atoms with Gasteiger partial charge in [-0.3, -0.25) is 4.18 Å². The lowest BCUT2D eigenvalue weighted by Gasteiger charge is -2.21. The molecule has 1 atom stereocenters. The van der Waals surface area contributed by atoms with Crippen LogP contribution in [-0.4, -0.2) is 26.4 Å². The van der Waals surface area contributed by atoms with Crippen molar-refractivity contribution >= 4 is 10.3 Å². The van der Waals surface area contributed by atoms with Crippen LogP contribution in [0.25, 0.3) is 0 Å². The molecule has 22 heavy (non-hydrogen) atoms. The molecule has 1 fully saturated rings. The van der Waals surface area contributed by atoms with Crippen molar-refractivity contribution in [3.8, 4) is 5.75 Å². The van der Waals surface area contributed by atoms with Crippen LogP contribution in [0.2, 0.25) is 0 Å². The fraction of sp³-hybridized carbons (Fsp3) is 0.250. The summed E-state index contributed by atoms with van der Waals surface area (Å²) in [6.45, 7) is 0.411. The van der Waals surface area contributed by atoms with Crippen molar-refractivity contribution in [2.75, 3.05) is 13.7 Å². The minimum Gasteiger partial charge on any atom is -0.497 e. The summed E-state index contributed by atoms with van der Waals surface area (Å²) < 4.78 is 35.8. The Kier molecular flexibility index (Phi) is 4.15. The van der Waals surface area contributed by atoms with Gasteiger partial charge < -0.3 is 4.74 Å². The summed E-state index contributed by atoms with van der Waals surface area (Å²) in [5, 5.41) is 0. The Morgan fingerprint density at radius 2 is 1.82 bits per heavy atom. The van der Waals surface area contributed by atoms with E-state index in [4.69, 9.17) is 8.92 Å². The largest absolute Gasteiger partial charge is 0.497 e. The maximum absolute atomic E-state index is 12.2. The Hall–Kier alpha value is -1.89. The Labute approximate surface area is 130 Å². The molecule has 2 aromatic rings. The molecule has 0 saturated carbocycles. The fourth-order valence-corrected chi connectivity index (χ4v) is 3.73. The first-order chi connectivity index (χ1) is 10.6. The van der Waals surface area contributed by atoms with E-state index in [0.717, 1.165) is 16.9 Å². The summed E-state index contributed by atoms with van der Waals surface area (Å²) >= 11 is 0. The molecule has 3 rings (SSSR count). The monoisotopic (exact) mass is 319 g/mol. The number of methoxy groups -OCH3 is 1. The number of hydrogen-bond acceptors (Lipinski definition) is 4. The lowest BCUT2D eigenvalue weighted by atomic mass is 10.1. The van der Waals surface area contributed by atoms with Gasteiger partial charge in [0.25, 0.3) is 0 Å². The topological polar surface area (TPSA) is 55.8 Å². The molecule has 5 nitrogen and oxygen atoms in total. The predicted molar refractivity (Wildman–Crippen MR) is 82.6 cm³/mol. The van der Waals surface area contributed by atoms with Gasteiger partial charge in [0.2, 0.25) is 0 Å². The standard InChI is InChI=1S/C16H17NO4S/c1-20-15-9-7-13(8-10-15)11-17-16(12-21-22(17,18)19)14-5-3-2-4-6-14/h2-10,16H,11-12H2,1H3/t16-/m1/s1. The molecule has 0 bridgehead atoms. The second-order valence-corrected chi connectivity index (χ2v) is 6.62. The molecule has 1 saturated heterocycles. The van der Waals surface area contributed by atoms with E-state index in [0.29, 0.717) is 0 Å². The third-order valence-electron chi connectivity index (χ3n) is 3.69. The number of benzene rings is 2. The van der Waals surface area contributed by atoms with Crippen LogP contribution in [0.1, 0.15) is 17.2 Å². The zero-order valence-electron chi connectivity index (χ0n) is 12.2. The van der Waals surface area contributed by atoms with Crippen molar-refractivity contribution in [2.24, 2.45) is 0 Å². The average molecular weight is 319 g/mol. The smallest absolute Gasteiger partial charge is 0.339 e. The predicted octanol–water partition coefficient (Wildman–Crippen LogP) is 2.51. The third kappa shape index (κ3) is 2.99. The summed E-state index contributed by atoms with van der Waals surface area (Å²) in [5.41, 5.74) is 1.81. The van der Waals surface area contributed by atoms with Gasteiger partial charge in [0.15, 0.2) is 0 Å². The van der Waals surface area contributed by atoms with Crippen LogP contribution >= 0.6 is 0 Å². The van der Waals surface area contributed by atoms with Gasteiger partial charge in [0.1, 0.15) is 5.75 Å². The van der Waals surface area contributed by atoms with Crippen LogP contribution in [0.4, 0.5) is 0 Å². The van der Waals surface area contributed by atoms with Gasteiger partial charge in [-0.05, 0) is 23.3 Å². The second kappa shape index (κ2) is 6.08. The molecule has 0 aromatic heterocycles. The van der Waals surface area contributed by atoms with Crippen LogP contribution < -0.4 is 4.74 Å². The minimum absolute atomic E-state index is 0.141. The lowest BCUT2D eigenvalue weighted by molar-refractivity contribution is 0.312. The Morgan fingerprint density at radius 3 is 2.45 bits per heavy atom. The van der Waals surface area contributed by atoms with E-state index in [1.54, 1.807) is 7.11 Å². The van der Waals surface area contributed by atoms with Gasteiger partial charge in [-0.25, -0.2) is 0 Å². The molecule has 0 N–H and O–H groups in total. The summed E-state index contributed by atoms with van der Waals surface area (Å²) in [4.78, 5) is 0. The molecule has 1 heterocycles. The number of hydrogen-bond donors (Lipinski definition) is 0. The molecule has 6 heteroatoms. The molecule has 0 amide bonds. The van der Waals surface area contributed by atoms with Gasteiger partial charge in [0, 0.05) is 6.54 Å². The maximum Gasteiger partial charge on any atom is 0.339 e. The van der Waals surface area contributed by atoms with E-state index in [9.17, 15) is 8.42 Å². The highest BCUT2D eigenvalue weighted by Crippen LogP contribution is 2.33. The highest BCUT2D eigenvalue weighted by molar-refractivity contribution is 7.84. The normalized spacial score (nSPS) is 20.9. The van der Waals surface area contributed by atoms with Crippen LogP contribution in [0, 0.1) is 0 Å². The maximum atomic E-state index is 12.2. The summed E-state index contributed by atoms with van der Waals surface area (Å²) in [5.74, 6) is 0.740.